The molecule has 0 unspecified atom stereocenters. The highest BCUT2D eigenvalue weighted by atomic mass is 35.5. The summed E-state index contributed by atoms with van der Waals surface area (Å²) in [6, 6.07) is 7.15. The van der Waals surface area contributed by atoms with Crippen LogP contribution in [0.15, 0.2) is 24.2 Å². The van der Waals surface area contributed by atoms with Gasteiger partial charge in [-0.3, -0.25) is 0 Å². The van der Waals surface area contributed by atoms with E-state index in [-0.39, 0.29) is 11.9 Å². The van der Waals surface area contributed by atoms with Crippen molar-refractivity contribution in [3.05, 3.63) is 51.6 Å². The highest BCUT2D eigenvalue weighted by molar-refractivity contribution is 6.33. The number of likely N-dealkylation sites (tertiary alicyclic amines) is 1. The lowest BCUT2D eigenvalue weighted by molar-refractivity contribution is 0.187. The second-order valence-electron chi connectivity index (χ2n) is 11.8. The highest BCUT2D eigenvalue weighted by Crippen LogP contribution is 2.40. The molecule has 8 nitrogen and oxygen atoms in total. The predicted molar refractivity (Wildman–Crippen MR) is 159 cm³/mol. The standard InChI is InChI=1S/C31H39ClFN7O/c1-21(33)17-38-15-16-40(18-23(38)10-12-34)30-26-11-14-39(29-25-7-3-5-22(25)8-9-27(29)32)19-28(26)35-31(36-30)41-20-24-6-4-13-37(24)2/h8-9,17,23-24H,3-7,10-11,13-16,18-20H2,1-2H3/t23-,24+/m0/s1. The number of hydrogen-bond acceptors (Lipinski definition) is 8. The summed E-state index contributed by atoms with van der Waals surface area (Å²) in [5, 5.41) is 10.3. The van der Waals surface area contributed by atoms with E-state index in [1.54, 1.807) is 0 Å². The number of likely N-dealkylation sites (N-methyl/N-ethyl adjacent to an activating group) is 1. The van der Waals surface area contributed by atoms with Gasteiger partial charge in [-0.15, -0.1) is 0 Å². The molecular weight excluding hydrogens is 541 g/mol. The van der Waals surface area contributed by atoms with E-state index in [1.165, 1.54) is 37.1 Å². The van der Waals surface area contributed by atoms with E-state index in [0.717, 1.165) is 66.6 Å². The number of aryl methyl sites for hydroxylation is 1. The summed E-state index contributed by atoms with van der Waals surface area (Å²) in [6.07, 6.45) is 8.26. The Morgan fingerprint density at radius 1 is 1.10 bits per heavy atom. The summed E-state index contributed by atoms with van der Waals surface area (Å²) < 4.78 is 20.1. The van der Waals surface area contributed by atoms with Gasteiger partial charge in [0.15, 0.2) is 0 Å². The average Bonchev–Trinajstić information content (AvgIpc) is 3.60. The van der Waals surface area contributed by atoms with Crippen molar-refractivity contribution in [1.29, 1.82) is 5.26 Å². The minimum absolute atomic E-state index is 0.118. The van der Waals surface area contributed by atoms with Crippen molar-refractivity contribution in [2.45, 2.75) is 70.5 Å². The number of allylic oxidation sites excluding steroid dienone is 1. The predicted octanol–water partition coefficient (Wildman–Crippen LogP) is 4.89. The SMILES string of the molecule is CC(F)=CN1CCN(c2nc(OC[C@H]3CCCN3C)nc3c2CCN(c2c(Cl)ccc4c2CCC4)C3)C[C@@H]1CC#N. The molecule has 41 heavy (non-hydrogen) atoms. The molecule has 1 aliphatic carbocycles. The molecule has 218 valence electrons. The molecule has 1 aromatic heterocycles. The largest absolute Gasteiger partial charge is 0.462 e. The Bertz CT molecular complexity index is 1360. The molecule has 2 atom stereocenters. The second-order valence-corrected chi connectivity index (χ2v) is 12.2. The Balaban J connectivity index is 1.32. The van der Waals surface area contributed by atoms with Gasteiger partial charge in [0.1, 0.15) is 18.3 Å². The summed E-state index contributed by atoms with van der Waals surface area (Å²) in [5.41, 5.74) is 6.04. The molecule has 2 aromatic rings. The molecule has 10 heteroatoms. The molecule has 0 amide bonds. The number of rotatable bonds is 7. The molecule has 0 radical (unpaired) electrons. The van der Waals surface area contributed by atoms with Crippen LogP contribution in [0.5, 0.6) is 6.01 Å². The Labute approximate surface area is 247 Å². The Hall–Kier alpha value is -3.09. The van der Waals surface area contributed by atoms with Crippen LogP contribution in [0.2, 0.25) is 5.02 Å². The number of nitrogens with zero attached hydrogens (tertiary/aromatic N) is 7. The Kier molecular flexibility index (Phi) is 8.23. The normalized spacial score (nSPS) is 23.0. The zero-order chi connectivity index (χ0) is 28.5. The third-order valence-corrected chi connectivity index (χ3v) is 9.42. The van der Waals surface area contributed by atoms with Gasteiger partial charge in [0.25, 0.3) is 0 Å². The molecule has 0 N–H and O–H groups in total. The number of hydrogen-bond donors (Lipinski definition) is 0. The third-order valence-electron chi connectivity index (χ3n) is 9.12. The van der Waals surface area contributed by atoms with Gasteiger partial charge in [0.2, 0.25) is 0 Å². The van der Waals surface area contributed by atoms with Crippen molar-refractivity contribution >= 4 is 23.1 Å². The number of nitriles is 1. The number of aromatic nitrogens is 2. The van der Waals surface area contributed by atoms with Gasteiger partial charge >= 0.3 is 6.01 Å². The van der Waals surface area contributed by atoms with Crippen LogP contribution in [0.4, 0.5) is 15.9 Å². The van der Waals surface area contributed by atoms with Gasteiger partial charge in [0.05, 0.1) is 41.5 Å². The van der Waals surface area contributed by atoms with E-state index in [2.05, 4.69) is 33.9 Å². The van der Waals surface area contributed by atoms with Gasteiger partial charge in [-0.1, -0.05) is 17.7 Å². The lowest BCUT2D eigenvalue weighted by Crippen LogP contribution is -2.51. The van der Waals surface area contributed by atoms with Crippen molar-refractivity contribution in [1.82, 2.24) is 19.8 Å². The minimum Gasteiger partial charge on any atom is -0.462 e. The average molecular weight is 580 g/mol. The first-order valence-electron chi connectivity index (χ1n) is 14.9. The first-order chi connectivity index (χ1) is 19.9. The molecule has 0 bridgehead atoms. The topological polar surface area (TPSA) is 71.8 Å². The third kappa shape index (κ3) is 5.82. The maximum Gasteiger partial charge on any atom is 0.318 e. The molecule has 4 heterocycles. The molecule has 6 rings (SSSR count). The first kappa shape index (κ1) is 28.0. The Morgan fingerprint density at radius 3 is 2.76 bits per heavy atom. The summed E-state index contributed by atoms with van der Waals surface area (Å²) in [4.78, 5) is 18.9. The van der Waals surface area contributed by atoms with Crippen LogP contribution in [0.25, 0.3) is 0 Å². The fraction of sp³-hybridized carbons (Fsp3) is 0.581. The lowest BCUT2D eigenvalue weighted by atomic mass is 10.0. The van der Waals surface area contributed by atoms with Crippen molar-refractivity contribution in [2.24, 2.45) is 0 Å². The fourth-order valence-corrected chi connectivity index (χ4v) is 7.27. The van der Waals surface area contributed by atoms with Gasteiger partial charge in [0, 0.05) is 44.0 Å². The number of piperazine rings is 1. The van der Waals surface area contributed by atoms with Crippen LogP contribution >= 0.6 is 11.6 Å². The van der Waals surface area contributed by atoms with Crippen molar-refractivity contribution in [3.8, 4) is 12.1 Å². The van der Waals surface area contributed by atoms with E-state index in [1.807, 2.05) is 11.0 Å². The minimum atomic E-state index is -0.250. The lowest BCUT2D eigenvalue weighted by Gasteiger charge is -2.42. The smallest absolute Gasteiger partial charge is 0.318 e. The van der Waals surface area contributed by atoms with Gasteiger partial charge in [-0.2, -0.15) is 15.2 Å². The first-order valence-corrected chi connectivity index (χ1v) is 15.3. The summed E-state index contributed by atoms with van der Waals surface area (Å²) in [7, 11) is 2.14. The van der Waals surface area contributed by atoms with E-state index in [4.69, 9.17) is 26.3 Å². The van der Waals surface area contributed by atoms with Crippen LogP contribution < -0.4 is 14.5 Å². The monoisotopic (exact) mass is 579 g/mol. The molecule has 1 aromatic carbocycles. The van der Waals surface area contributed by atoms with Gasteiger partial charge in [-0.25, -0.2) is 4.39 Å². The number of anilines is 2. The van der Waals surface area contributed by atoms with E-state index in [0.29, 0.717) is 51.3 Å². The summed E-state index contributed by atoms with van der Waals surface area (Å²) in [6.45, 7) is 6.45. The van der Waals surface area contributed by atoms with Crippen LogP contribution in [0.1, 0.15) is 55.0 Å². The number of fused-ring (bicyclic) bond motifs is 2. The molecule has 0 spiro atoms. The van der Waals surface area contributed by atoms with Crippen LogP contribution in [0, 0.1) is 11.3 Å². The summed E-state index contributed by atoms with van der Waals surface area (Å²) in [5.74, 6) is 0.636. The molecule has 2 saturated heterocycles. The zero-order valence-corrected chi connectivity index (χ0v) is 24.8. The van der Waals surface area contributed by atoms with Gasteiger partial charge in [-0.05, 0) is 76.2 Å². The summed E-state index contributed by atoms with van der Waals surface area (Å²) >= 11 is 6.81. The molecule has 2 fully saturated rings. The van der Waals surface area contributed by atoms with Crippen LogP contribution in [-0.4, -0.2) is 78.2 Å². The molecular formula is C31H39ClFN7O. The number of benzene rings is 1. The second kappa shape index (κ2) is 12.0. The van der Waals surface area contributed by atoms with Crippen LogP contribution in [0.3, 0.4) is 0 Å². The fourth-order valence-electron chi connectivity index (χ4n) is 6.97. The number of halogens is 2. The highest BCUT2D eigenvalue weighted by Gasteiger charge is 2.33. The quantitative estimate of drug-likeness (QED) is 0.459. The van der Waals surface area contributed by atoms with Crippen molar-refractivity contribution in [2.75, 3.05) is 56.2 Å². The van der Waals surface area contributed by atoms with Crippen LogP contribution in [-0.2, 0) is 25.8 Å². The van der Waals surface area contributed by atoms with Crippen molar-refractivity contribution < 1.29 is 9.13 Å². The molecule has 0 saturated carbocycles. The maximum atomic E-state index is 13.8. The number of ether oxygens (including phenoxy) is 1. The zero-order valence-electron chi connectivity index (χ0n) is 24.1. The van der Waals surface area contributed by atoms with E-state index < -0.39 is 0 Å². The van der Waals surface area contributed by atoms with Crippen molar-refractivity contribution in [3.63, 3.8) is 0 Å². The van der Waals surface area contributed by atoms with E-state index >= 15 is 0 Å². The van der Waals surface area contributed by atoms with E-state index in [9.17, 15) is 9.65 Å². The maximum absolute atomic E-state index is 13.8. The molecule has 3 aliphatic heterocycles. The Morgan fingerprint density at radius 2 is 1.98 bits per heavy atom. The van der Waals surface area contributed by atoms with Gasteiger partial charge < -0.3 is 24.3 Å². The molecule has 4 aliphatic rings.